The summed E-state index contributed by atoms with van der Waals surface area (Å²) in [6.07, 6.45) is 10.5. The molecular weight excluding hydrogens is 454 g/mol. The molecule has 1 aliphatic carbocycles. The Bertz CT molecular complexity index is 1240. The highest BCUT2D eigenvalue weighted by Gasteiger charge is 2.33. The van der Waals surface area contributed by atoms with Gasteiger partial charge in [-0.3, -0.25) is 14.3 Å². The van der Waals surface area contributed by atoms with Crippen molar-refractivity contribution >= 4 is 17.5 Å². The first-order chi connectivity index (χ1) is 17.4. The lowest BCUT2D eigenvalue weighted by atomic mass is 9.78. The molecule has 5 rings (SSSR count). The average molecular weight is 496 g/mol. The topological polar surface area (TPSA) is 106 Å². The maximum atomic E-state index is 13.3. The summed E-state index contributed by atoms with van der Waals surface area (Å²) >= 11 is 0. The Morgan fingerprint density at radius 2 is 2.03 bits per heavy atom. The van der Waals surface area contributed by atoms with Crippen LogP contribution in [0.3, 0.4) is 0 Å². The van der Waals surface area contributed by atoms with Gasteiger partial charge in [0, 0.05) is 34.0 Å². The van der Waals surface area contributed by atoms with Crippen molar-refractivity contribution < 1.29 is 12.4 Å². The average Bonchev–Trinajstić information content (AvgIpc) is 3.61. The molecule has 0 bridgehead atoms. The van der Waals surface area contributed by atoms with E-state index in [1.54, 1.807) is 21.5 Å². The molecule has 3 aromatic rings. The molecule has 1 saturated carbocycles. The molecule has 2 aliphatic rings. The van der Waals surface area contributed by atoms with Crippen molar-refractivity contribution in [3.8, 4) is 0 Å². The van der Waals surface area contributed by atoms with E-state index in [2.05, 4.69) is 29.6 Å². The van der Waals surface area contributed by atoms with E-state index in [4.69, 9.17) is 10.1 Å². The predicted octanol–water partition coefficient (Wildman–Crippen LogP) is 4.19. The number of amides is 2. The number of fused-ring (bicyclic) bond motifs is 1. The maximum absolute atomic E-state index is 13.3. The molecule has 1 aliphatic heterocycles. The molecule has 0 spiro atoms. The molecule has 36 heavy (non-hydrogen) atoms. The van der Waals surface area contributed by atoms with Crippen molar-refractivity contribution in [2.75, 3.05) is 0 Å². The first-order valence-electron chi connectivity index (χ1n) is 13.4. The van der Waals surface area contributed by atoms with Gasteiger partial charge in [0.2, 0.25) is 5.91 Å². The number of hydrogen-bond donors (Lipinski definition) is 2. The van der Waals surface area contributed by atoms with Gasteiger partial charge in [-0.1, -0.05) is 26.7 Å². The molecule has 1 unspecified atom stereocenters. The third-order valence-electron chi connectivity index (χ3n) is 8.01. The van der Waals surface area contributed by atoms with Crippen LogP contribution in [0.1, 0.15) is 90.1 Å². The lowest BCUT2D eigenvalue weighted by molar-refractivity contribution is -0.122. The Kier molecular flexibility index (Phi) is 7.07. The van der Waals surface area contributed by atoms with Gasteiger partial charge in [0.1, 0.15) is 5.69 Å². The van der Waals surface area contributed by atoms with E-state index in [9.17, 15) is 9.59 Å². The summed E-state index contributed by atoms with van der Waals surface area (Å²) in [5.41, 5.74) is 3.02. The summed E-state index contributed by atoms with van der Waals surface area (Å²) in [7, 11) is 0. The Morgan fingerprint density at radius 1 is 1.22 bits per heavy atom. The van der Waals surface area contributed by atoms with E-state index in [0.717, 1.165) is 55.6 Å². The van der Waals surface area contributed by atoms with Crippen LogP contribution >= 0.6 is 0 Å². The fraction of sp³-hybridized carbons (Fsp3) is 0.593. The normalized spacial score (nSPS) is 25.1. The molecule has 3 aromatic heterocycles. The molecule has 3 atom stereocenters. The van der Waals surface area contributed by atoms with Gasteiger partial charge in [-0.15, -0.1) is 0 Å². The largest absolute Gasteiger partial charge is 0.353 e. The highest BCUT2D eigenvalue weighted by atomic mass is 16.2. The van der Waals surface area contributed by atoms with Crippen molar-refractivity contribution in [2.24, 2.45) is 17.8 Å². The number of imidazole rings is 1. The molecule has 2 fully saturated rings. The van der Waals surface area contributed by atoms with Crippen LogP contribution in [0.5, 0.6) is 0 Å². The number of nitrogens with one attached hydrogen (secondary N) is 2. The number of nitrogens with zero attached hydrogens (tertiary/aromatic N) is 5. The molecular formula is C27H41N7O2. The standard InChI is InChI=1S/C27H37N7O2.2H2/c1-4-20-14-19(26(35)29-20)15-21-10-11-24-30-22(16-34(24)32-21)25(18-8-6-17(3)7-9-18)31-27(36)23-12-13-28-33(23)5-2;;/h10-13,16-20,25H,4-9,14-15H2,1-3H3,(H,29,35)(H,31,36);2*1H/t17?,18?,19?,20-,25+;;/m1../s1. The minimum absolute atomic E-state index is 0. The first-order valence-corrected chi connectivity index (χ1v) is 13.4. The van der Waals surface area contributed by atoms with Crippen LogP contribution in [0, 0.1) is 17.8 Å². The Hall–Kier alpha value is -3.23. The number of aryl methyl sites for hydroxylation is 1. The summed E-state index contributed by atoms with van der Waals surface area (Å²) in [4.78, 5) is 30.5. The molecule has 1 saturated heterocycles. The smallest absolute Gasteiger partial charge is 0.270 e. The highest BCUT2D eigenvalue weighted by Crippen LogP contribution is 2.37. The predicted molar refractivity (Wildman–Crippen MR) is 140 cm³/mol. The quantitative estimate of drug-likeness (QED) is 0.487. The Balaban J connectivity index is 0.00000200. The van der Waals surface area contributed by atoms with E-state index in [0.29, 0.717) is 30.5 Å². The highest BCUT2D eigenvalue weighted by molar-refractivity contribution is 5.92. The van der Waals surface area contributed by atoms with Crippen LogP contribution in [-0.2, 0) is 17.8 Å². The second-order valence-electron chi connectivity index (χ2n) is 10.5. The van der Waals surface area contributed by atoms with Crippen LogP contribution in [0.2, 0.25) is 0 Å². The molecule has 2 amide bonds. The molecule has 9 nitrogen and oxygen atoms in total. The number of rotatable bonds is 8. The Morgan fingerprint density at radius 3 is 2.75 bits per heavy atom. The van der Waals surface area contributed by atoms with Crippen LogP contribution in [0.15, 0.2) is 30.6 Å². The zero-order chi connectivity index (χ0) is 25.2. The summed E-state index contributed by atoms with van der Waals surface area (Å²) in [5.74, 6) is 0.991. The van der Waals surface area contributed by atoms with Gasteiger partial charge in [0.05, 0.1) is 23.6 Å². The van der Waals surface area contributed by atoms with E-state index in [-0.39, 0.29) is 32.7 Å². The van der Waals surface area contributed by atoms with Gasteiger partial charge in [0.15, 0.2) is 5.65 Å². The summed E-state index contributed by atoms with van der Waals surface area (Å²) in [6, 6.07) is 5.76. The van der Waals surface area contributed by atoms with Crippen LogP contribution < -0.4 is 10.6 Å². The lowest BCUT2D eigenvalue weighted by Crippen LogP contribution is -2.36. The molecule has 196 valence electrons. The maximum Gasteiger partial charge on any atom is 0.270 e. The van der Waals surface area contributed by atoms with Gasteiger partial charge in [0.25, 0.3) is 5.91 Å². The second-order valence-corrected chi connectivity index (χ2v) is 10.5. The SMILES string of the molecule is CC[C@@H]1CC(Cc2ccc3nc([C@@H](NC(=O)c4ccnn4CC)C4CCC(C)CC4)cn3n2)C(=O)N1.[HH].[HH]. The zero-order valence-electron chi connectivity index (χ0n) is 21.5. The zero-order valence-corrected chi connectivity index (χ0v) is 21.5. The third-order valence-corrected chi connectivity index (χ3v) is 8.01. The number of hydrogen-bond acceptors (Lipinski definition) is 5. The van der Waals surface area contributed by atoms with Gasteiger partial charge < -0.3 is 10.6 Å². The lowest BCUT2D eigenvalue weighted by Gasteiger charge is -2.32. The van der Waals surface area contributed by atoms with Gasteiger partial charge >= 0.3 is 0 Å². The number of carbonyl (C=O) groups excluding carboxylic acids is 2. The summed E-state index contributed by atoms with van der Waals surface area (Å²) in [6.45, 7) is 7.02. The fourth-order valence-electron chi connectivity index (χ4n) is 5.77. The number of carbonyl (C=O) groups is 2. The van der Waals surface area contributed by atoms with Crippen molar-refractivity contribution in [1.82, 2.24) is 35.0 Å². The monoisotopic (exact) mass is 495 g/mol. The van der Waals surface area contributed by atoms with Crippen LogP contribution in [0.4, 0.5) is 0 Å². The minimum atomic E-state index is -0.193. The van der Waals surface area contributed by atoms with Crippen LogP contribution in [0.25, 0.3) is 5.65 Å². The van der Waals surface area contributed by atoms with E-state index in [1.165, 1.54) is 0 Å². The van der Waals surface area contributed by atoms with E-state index >= 15 is 0 Å². The van der Waals surface area contributed by atoms with Crippen molar-refractivity contribution in [3.05, 3.63) is 47.7 Å². The molecule has 2 N–H and O–H groups in total. The van der Waals surface area contributed by atoms with Crippen molar-refractivity contribution in [1.29, 1.82) is 0 Å². The van der Waals surface area contributed by atoms with E-state index in [1.807, 2.05) is 25.3 Å². The van der Waals surface area contributed by atoms with Gasteiger partial charge in [-0.25, -0.2) is 9.50 Å². The Labute approximate surface area is 215 Å². The first kappa shape index (κ1) is 24.5. The fourth-order valence-corrected chi connectivity index (χ4v) is 5.77. The van der Waals surface area contributed by atoms with Crippen molar-refractivity contribution in [3.63, 3.8) is 0 Å². The molecule has 0 aromatic carbocycles. The van der Waals surface area contributed by atoms with E-state index < -0.39 is 0 Å². The number of aromatic nitrogens is 5. The molecule has 4 heterocycles. The summed E-state index contributed by atoms with van der Waals surface area (Å²) in [5, 5.41) is 15.4. The minimum Gasteiger partial charge on any atom is -0.353 e. The summed E-state index contributed by atoms with van der Waals surface area (Å²) < 4.78 is 3.52. The van der Waals surface area contributed by atoms with Gasteiger partial charge in [-0.2, -0.15) is 10.2 Å². The third kappa shape index (κ3) is 5.01. The molecule has 0 radical (unpaired) electrons. The van der Waals surface area contributed by atoms with Gasteiger partial charge in [-0.05, 0) is 62.6 Å². The molecule has 9 heteroatoms. The van der Waals surface area contributed by atoms with Crippen molar-refractivity contribution in [2.45, 2.75) is 84.3 Å². The van der Waals surface area contributed by atoms with Crippen LogP contribution in [-0.4, -0.2) is 42.2 Å². The second kappa shape index (κ2) is 10.4.